The molecule has 0 amide bonds. The Hall–Kier alpha value is 0.0969. The van der Waals surface area contributed by atoms with Crippen LogP contribution in [0.4, 0.5) is 0 Å². The van der Waals surface area contributed by atoms with Gasteiger partial charge in [0, 0.05) is 16.3 Å². The van der Waals surface area contributed by atoms with Crippen LogP contribution in [0.2, 0.25) is 0 Å². The average molecular weight is 330 g/mol. The molecule has 1 atom stereocenters. The molecule has 22 heavy (non-hydrogen) atoms. The maximum atomic E-state index is 2.44. The molecule has 0 N–H and O–H groups in total. The minimum Gasteiger partial charge on any atom is -0.304 e. The summed E-state index contributed by atoms with van der Waals surface area (Å²) in [5.74, 6) is 0. The minimum absolute atomic E-state index is 0.213. The van der Waals surface area contributed by atoms with E-state index in [4.69, 9.17) is 0 Å². The van der Waals surface area contributed by atoms with Crippen LogP contribution in [0.3, 0.4) is 0 Å². The predicted molar refractivity (Wildman–Crippen MR) is 105 cm³/mol. The van der Waals surface area contributed by atoms with Gasteiger partial charge in [-0.3, -0.25) is 9.80 Å². The number of rotatable bonds is 13. The Morgan fingerprint density at radius 1 is 0.727 bits per heavy atom. The number of unbranched alkanes of at least 4 members (excludes halogenated alkanes) is 7. The number of hydrogen-bond donors (Lipinski definition) is 0. The van der Waals surface area contributed by atoms with Gasteiger partial charge < -0.3 is 4.90 Å². The molecule has 0 bridgehead atoms. The summed E-state index contributed by atoms with van der Waals surface area (Å²) in [6.45, 7) is 2.29. The summed E-state index contributed by atoms with van der Waals surface area (Å²) in [7, 11) is 14.6. The normalized spacial score (nSPS) is 14.5. The molecule has 4 heteroatoms. The van der Waals surface area contributed by atoms with Crippen molar-refractivity contribution in [2.75, 3.05) is 42.3 Å². The molecule has 134 valence electrons. The molecule has 0 spiro atoms. The van der Waals surface area contributed by atoms with Crippen molar-refractivity contribution in [3.05, 3.63) is 0 Å². The smallest absolute Gasteiger partial charge is 0.0666 e. The number of hydrogen-bond acceptors (Lipinski definition) is 3. The zero-order valence-corrected chi connectivity index (χ0v) is 18.8. The summed E-state index contributed by atoms with van der Waals surface area (Å²) in [6.07, 6.45) is 12.5. The van der Waals surface area contributed by atoms with Crippen molar-refractivity contribution in [1.29, 1.82) is 0 Å². The van der Waals surface area contributed by atoms with E-state index in [9.17, 15) is 0 Å². The van der Waals surface area contributed by atoms with Crippen molar-refractivity contribution in [3.63, 3.8) is 0 Å². The second-order valence-corrected chi connectivity index (χ2v) is 9.10. The van der Waals surface area contributed by atoms with Crippen LogP contribution in [-0.2, 0) is 0 Å². The third-order valence-electron chi connectivity index (χ3n) is 5.40. The van der Waals surface area contributed by atoms with Gasteiger partial charge in [0.25, 0.3) is 0 Å². The first-order chi connectivity index (χ1) is 10.3. The van der Waals surface area contributed by atoms with E-state index in [0.717, 1.165) is 10.2 Å². The van der Waals surface area contributed by atoms with Crippen LogP contribution in [0.1, 0.15) is 64.7 Å². The van der Waals surface area contributed by atoms with Gasteiger partial charge in [0.2, 0.25) is 0 Å². The molecule has 0 saturated heterocycles. The largest absolute Gasteiger partial charge is 0.304 e. The molecule has 0 radical (unpaired) electrons. The lowest BCUT2D eigenvalue weighted by Crippen LogP contribution is -2.66. The van der Waals surface area contributed by atoms with E-state index < -0.39 is 0 Å². The van der Waals surface area contributed by atoms with E-state index in [-0.39, 0.29) is 5.29 Å². The third-order valence-corrected chi connectivity index (χ3v) is 7.85. The predicted octanol–water partition coefficient (Wildman–Crippen LogP) is 2.59. The van der Waals surface area contributed by atoms with E-state index in [2.05, 4.69) is 63.9 Å². The highest BCUT2D eigenvalue weighted by Gasteiger charge is 2.38. The molecular weight excluding hydrogens is 286 g/mol. The lowest BCUT2D eigenvalue weighted by atomic mass is 10.0. The molecule has 0 aliphatic rings. The molecular formula is C18H43N3Si. The SMILES string of the molecule is CCCCCCCCCCC(N(C)C)C([SiH3])(N(C)C)N(C)C. The first kappa shape index (κ1) is 22.1. The summed E-state index contributed by atoms with van der Waals surface area (Å²) in [6, 6.07) is 0.615. The van der Waals surface area contributed by atoms with E-state index in [0.29, 0.717) is 6.04 Å². The summed E-state index contributed by atoms with van der Waals surface area (Å²) in [5, 5.41) is 0.213. The van der Waals surface area contributed by atoms with Gasteiger partial charge in [0.1, 0.15) is 0 Å². The summed E-state index contributed by atoms with van der Waals surface area (Å²) >= 11 is 0. The van der Waals surface area contributed by atoms with E-state index in [1.54, 1.807) is 0 Å². The third kappa shape index (κ3) is 7.11. The molecule has 0 saturated carbocycles. The summed E-state index contributed by atoms with van der Waals surface area (Å²) in [4.78, 5) is 7.29. The Labute approximate surface area is 143 Å². The minimum atomic E-state index is 0.213. The Kier molecular flexibility index (Phi) is 11.7. The molecule has 0 rings (SSSR count). The fourth-order valence-electron chi connectivity index (χ4n) is 3.49. The Bertz CT molecular complexity index is 259. The van der Waals surface area contributed by atoms with E-state index >= 15 is 0 Å². The van der Waals surface area contributed by atoms with Crippen molar-refractivity contribution < 1.29 is 0 Å². The lowest BCUT2D eigenvalue weighted by molar-refractivity contribution is 0.00345. The summed E-state index contributed by atoms with van der Waals surface area (Å²) < 4.78 is 0. The van der Waals surface area contributed by atoms with Crippen molar-refractivity contribution in [1.82, 2.24) is 14.7 Å². The number of nitrogens with zero attached hydrogens (tertiary/aromatic N) is 3. The van der Waals surface area contributed by atoms with Crippen molar-refractivity contribution in [3.8, 4) is 0 Å². The molecule has 0 aromatic heterocycles. The molecule has 3 nitrogen and oxygen atoms in total. The fourth-order valence-corrected chi connectivity index (χ4v) is 4.29. The highest BCUT2D eigenvalue weighted by molar-refractivity contribution is 6.15. The zero-order chi connectivity index (χ0) is 17.2. The van der Waals surface area contributed by atoms with Gasteiger partial charge in [0.15, 0.2) is 0 Å². The standard InChI is InChI=1S/C18H43N3Si/c1-8-9-10-11-12-13-14-15-16-17(19(2)3)18(22,20(4)5)21(6)7/h17H,8-16H2,1-7,22H3. The first-order valence-electron chi connectivity index (χ1n) is 9.29. The molecule has 0 aliphatic carbocycles. The van der Waals surface area contributed by atoms with Crippen LogP contribution in [0.15, 0.2) is 0 Å². The second-order valence-electron chi connectivity index (χ2n) is 7.63. The topological polar surface area (TPSA) is 9.72 Å². The van der Waals surface area contributed by atoms with Gasteiger partial charge in [-0.25, -0.2) is 0 Å². The van der Waals surface area contributed by atoms with Crippen LogP contribution in [0.5, 0.6) is 0 Å². The van der Waals surface area contributed by atoms with Crippen molar-refractivity contribution in [2.45, 2.75) is 76.0 Å². The van der Waals surface area contributed by atoms with Crippen molar-refractivity contribution in [2.24, 2.45) is 0 Å². The average Bonchev–Trinajstić information content (AvgIpc) is 2.44. The molecule has 0 aliphatic heterocycles. The Morgan fingerprint density at radius 2 is 1.14 bits per heavy atom. The Balaban J connectivity index is 4.26. The maximum Gasteiger partial charge on any atom is 0.0666 e. The molecule has 0 aromatic carbocycles. The van der Waals surface area contributed by atoms with Crippen LogP contribution in [-0.4, -0.2) is 78.6 Å². The zero-order valence-electron chi connectivity index (χ0n) is 16.8. The highest BCUT2D eigenvalue weighted by atomic mass is 28.1. The van der Waals surface area contributed by atoms with Gasteiger partial charge in [-0.15, -0.1) is 0 Å². The second kappa shape index (κ2) is 11.6. The quantitative estimate of drug-likeness (QED) is 0.292. The lowest BCUT2D eigenvalue weighted by Gasteiger charge is -2.50. The first-order valence-corrected chi connectivity index (χ1v) is 10.3. The number of likely N-dealkylation sites (N-methyl/N-ethyl adjacent to an activating group) is 3. The van der Waals surface area contributed by atoms with E-state index in [1.807, 2.05) is 0 Å². The highest BCUT2D eigenvalue weighted by Crippen LogP contribution is 2.24. The summed E-state index contributed by atoms with van der Waals surface area (Å²) in [5.41, 5.74) is 0. The molecule has 1 unspecified atom stereocenters. The van der Waals surface area contributed by atoms with Crippen LogP contribution in [0, 0.1) is 0 Å². The van der Waals surface area contributed by atoms with Crippen LogP contribution in [0.25, 0.3) is 0 Å². The van der Waals surface area contributed by atoms with Gasteiger partial charge in [-0.2, -0.15) is 0 Å². The van der Waals surface area contributed by atoms with Gasteiger partial charge in [-0.1, -0.05) is 58.3 Å². The monoisotopic (exact) mass is 329 g/mol. The fraction of sp³-hybridized carbons (Fsp3) is 1.00. The van der Waals surface area contributed by atoms with Crippen molar-refractivity contribution >= 4 is 10.2 Å². The van der Waals surface area contributed by atoms with Gasteiger partial charge >= 0.3 is 0 Å². The van der Waals surface area contributed by atoms with Crippen LogP contribution >= 0.6 is 0 Å². The Morgan fingerprint density at radius 3 is 1.50 bits per heavy atom. The van der Waals surface area contributed by atoms with E-state index in [1.165, 1.54) is 57.8 Å². The molecule has 0 heterocycles. The molecule has 0 fully saturated rings. The van der Waals surface area contributed by atoms with Crippen LogP contribution < -0.4 is 0 Å². The van der Waals surface area contributed by atoms with Gasteiger partial charge in [-0.05, 0) is 48.7 Å². The maximum absolute atomic E-state index is 2.44. The molecule has 0 aromatic rings. The van der Waals surface area contributed by atoms with Gasteiger partial charge in [0.05, 0.1) is 5.29 Å².